The minimum atomic E-state index is -0.127. The van der Waals surface area contributed by atoms with E-state index in [1.165, 1.54) is 77.0 Å². The molecule has 0 atom stereocenters. The molecule has 8 heteroatoms. The molecule has 0 unspecified atom stereocenters. The highest BCUT2D eigenvalue weighted by Gasteiger charge is 2.28. The summed E-state index contributed by atoms with van der Waals surface area (Å²) in [6, 6.07) is 0. The van der Waals surface area contributed by atoms with E-state index in [-0.39, 0.29) is 36.8 Å². The molecule has 38 heavy (non-hydrogen) atoms. The van der Waals surface area contributed by atoms with Crippen LogP contribution in [-0.4, -0.2) is 88.5 Å². The summed E-state index contributed by atoms with van der Waals surface area (Å²) in [5, 5.41) is 0. The van der Waals surface area contributed by atoms with Crippen LogP contribution in [0, 0.1) is 0 Å². The summed E-state index contributed by atoms with van der Waals surface area (Å²) in [6.45, 7) is 7.85. The first-order valence-corrected chi connectivity index (χ1v) is 15.1. The Labute approximate surface area is 248 Å². The highest BCUT2D eigenvalue weighted by Crippen LogP contribution is 2.10. The number of esters is 2. The lowest BCUT2D eigenvalue weighted by atomic mass is 10.1. The van der Waals surface area contributed by atoms with Gasteiger partial charge in [0.1, 0.15) is 13.1 Å². The van der Waals surface area contributed by atoms with Crippen molar-refractivity contribution in [2.45, 2.75) is 117 Å². The van der Waals surface area contributed by atoms with E-state index in [0.717, 1.165) is 38.8 Å². The summed E-state index contributed by atoms with van der Waals surface area (Å²) in [7, 11) is 8.21. The summed E-state index contributed by atoms with van der Waals surface area (Å²) in [4.78, 5) is 24.6. The number of quaternary nitrogens is 2. The monoisotopic (exact) mass is 584 g/mol. The third kappa shape index (κ3) is 28.4. The summed E-state index contributed by atoms with van der Waals surface area (Å²) in [5.41, 5.74) is 0. The van der Waals surface area contributed by atoms with Crippen LogP contribution in [0.5, 0.6) is 0 Å². The van der Waals surface area contributed by atoms with Gasteiger partial charge in [0.2, 0.25) is 0 Å². The van der Waals surface area contributed by atoms with E-state index in [1.54, 1.807) is 0 Å². The SMILES string of the molecule is CCCCCCCCCCOC(=O)C[N+](C)(C)CC[N+](C)(C)CC(=O)OCCCCCCCCCC.[Cl-].[Cl-]. The lowest BCUT2D eigenvalue weighted by Crippen LogP contribution is -3.00. The van der Waals surface area contributed by atoms with Gasteiger partial charge in [-0.15, -0.1) is 0 Å². The van der Waals surface area contributed by atoms with Crippen molar-refractivity contribution in [3.05, 3.63) is 0 Å². The highest BCUT2D eigenvalue weighted by atomic mass is 35.5. The van der Waals surface area contributed by atoms with Gasteiger partial charge in [-0.05, 0) is 12.8 Å². The van der Waals surface area contributed by atoms with E-state index in [1.807, 2.05) is 0 Å². The summed E-state index contributed by atoms with van der Waals surface area (Å²) in [5.74, 6) is -0.254. The molecular formula is C30H62Cl2N2O4. The molecule has 0 saturated carbocycles. The van der Waals surface area contributed by atoms with Crippen molar-refractivity contribution in [3.63, 3.8) is 0 Å². The van der Waals surface area contributed by atoms with Crippen molar-refractivity contribution in [1.29, 1.82) is 0 Å². The molecule has 0 aliphatic heterocycles. The van der Waals surface area contributed by atoms with Gasteiger partial charge in [-0.3, -0.25) is 0 Å². The van der Waals surface area contributed by atoms with Crippen LogP contribution >= 0.6 is 0 Å². The second-order valence-corrected chi connectivity index (χ2v) is 12.0. The van der Waals surface area contributed by atoms with Crippen molar-refractivity contribution in [3.8, 4) is 0 Å². The predicted octanol–water partition coefficient (Wildman–Crippen LogP) is 0.515. The molecular weight excluding hydrogens is 523 g/mol. The number of halogens is 2. The summed E-state index contributed by atoms with van der Waals surface area (Å²) in [6.07, 6.45) is 19.8. The van der Waals surface area contributed by atoms with Crippen LogP contribution in [0.4, 0.5) is 0 Å². The lowest BCUT2D eigenvalue weighted by molar-refractivity contribution is -0.939. The fourth-order valence-corrected chi connectivity index (χ4v) is 4.33. The smallest absolute Gasteiger partial charge is 0.361 e. The van der Waals surface area contributed by atoms with Gasteiger partial charge in [0.25, 0.3) is 0 Å². The summed E-state index contributed by atoms with van der Waals surface area (Å²) >= 11 is 0. The lowest BCUT2D eigenvalue weighted by Gasteiger charge is -2.34. The Morgan fingerprint density at radius 1 is 0.474 bits per heavy atom. The second-order valence-electron chi connectivity index (χ2n) is 12.0. The van der Waals surface area contributed by atoms with E-state index in [9.17, 15) is 9.59 Å². The molecule has 0 aromatic carbocycles. The quantitative estimate of drug-likeness (QED) is 0.0891. The van der Waals surface area contributed by atoms with E-state index >= 15 is 0 Å². The van der Waals surface area contributed by atoms with Gasteiger partial charge in [0, 0.05) is 0 Å². The largest absolute Gasteiger partial charge is 1.00 e. The Morgan fingerprint density at radius 3 is 1.03 bits per heavy atom. The first-order chi connectivity index (χ1) is 17.1. The standard InChI is InChI=1S/C30H62N2O4.2ClH/c1-7-9-11-13-15-17-19-21-25-35-29(33)27-31(3,4)23-24-32(5,6)28-30(34)36-26-22-20-18-16-14-12-10-8-2;;/h7-28H2,1-6H3;2*1H/q+2;;/p-2. The number of hydrogen-bond acceptors (Lipinski definition) is 4. The second kappa shape index (κ2) is 26.7. The molecule has 0 heterocycles. The molecule has 0 rings (SSSR count). The Morgan fingerprint density at radius 2 is 0.737 bits per heavy atom. The molecule has 0 amide bonds. The maximum atomic E-state index is 12.3. The Hall–Kier alpha value is -0.560. The van der Waals surface area contributed by atoms with E-state index in [4.69, 9.17) is 9.47 Å². The number of unbranched alkanes of at least 4 members (excludes halogenated alkanes) is 14. The molecule has 0 bridgehead atoms. The molecule has 0 aromatic heterocycles. The first-order valence-electron chi connectivity index (χ1n) is 15.1. The Kier molecular flexibility index (Phi) is 29.4. The maximum Gasteiger partial charge on any atom is 0.361 e. The number of rotatable bonds is 25. The minimum absolute atomic E-state index is 0. The van der Waals surface area contributed by atoms with Crippen molar-refractivity contribution in [1.82, 2.24) is 0 Å². The fourth-order valence-electron chi connectivity index (χ4n) is 4.33. The first kappa shape index (κ1) is 41.9. The van der Waals surface area contributed by atoms with Gasteiger partial charge >= 0.3 is 11.9 Å². The molecule has 0 aliphatic rings. The zero-order chi connectivity index (χ0) is 27.1. The molecule has 0 spiro atoms. The summed E-state index contributed by atoms with van der Waals surface area (Å²) < 4.78 is 12.1. The third-order valence-electron chi connectivity index (χ3n) is 6.95. The topological polar surface area (TPSA) is 52.6 Å². The van der Waals surface area contributed by atoms with Gasteiger partial charge < -0.3 is 43.3 Å². The predicted molar refractivity (Wildman–Crippen MR) is 151 cm³/mol. The van der Waals surface area contributed by atoms with Crippen molar-refractivity contribution >= 4 is 11.9 Å². The van der Waals surface area contributed by atoms with E-state index in [2.05, 4.69) is 42.0 Å². The molecule has 0 radical (unpaired) electrons. The molecule has 0 fully saturated rings. The molecule has 230 valence electrons. The van der Waals surface area contributed by atoms with Crippen LogP contribution in [0.2, 0.25) is 0 Å². The average molecular weight is 586 g/mol. The van der Waals surface area contributed by atoms with Crippen molar-refractivity contribution in [2.24, 2.45) is 0 Å². The molecule has 0 N–H and O–H groups in total. The number of carbonyl (C=O) groups excluding carboxylic acids is 2. The van der Waals surface area contributed by atoms with Gasteiger partial charge in [0.15, 0.2) is 13.1 Å². The fraction of sp³-hybridized carbons (Fsp3) is 0.933. The number of carbonyl (C=O) groups is 2. The Bertz CT molecular complexity index is 512. The van der Waals surface area contributed by atoms with Crippen LogP contribution in [0.3, 0.4) is 0 Å². The number of nitrogens with zero attached hydrogens (tertiary/aromatic N) is 2. The molecule has 0 saturated heterocycles. The van der Waals surface area contributed by atoms with Crippen LogP contribution < -0.4 is 24.8 Å². The zero-order valence-electron chi connectivity index (χ0n) is 25.8. The van der Waals surface area contributed by atoms with E-state index < -0.39 is 0 Å². The number of likely N-dealkylation sites (N-methyl/N-ethyl adjacent to an activating group) is 2. The van der Waals surface area contributed by atoms with Crippen LogP contribution in [0.25, 0.3) is 0 Å². The zero-order valence-corrected chi connectivity index (χ0v) is 27.4. The van der Waals surface area contributed by atoms with Gasteiger partial charge in [-0.1, -0.05) is 104 Å². The van der Waals surface area contributed by atoms with E-state index in [0.29, 0.717) is 35.3 Å². The normalized spacial score (nSPS) is 11.4. The average Bonchev–Trinajstić information content (AvgIpc) is 2.80. The Balaban J connectivity index is -0.00000612. The van der Waals surface area contributed by atoms with Crippen LogP contribution in [0.15, 0.2) is 0 Å². The van der Waals surface area contributed by atoms with Gasteiger partial charge in [-0.25, -0.2) is 9.59 Å². The highest BCUT2D eigenvalue weighted by molar-refractivity contribution is 5.70. The maximum absolute atomic E-state index is 12.3. The third-order valence-corrected chi connectivity index (χ3v) is 6.95. The van der Waals surface area contributed by atoms with Crippen molar-refractivity contribution < 1.29 is 52.8 Å². The van der Waals surface area contributed by atoms with Crippen molar-refractivity contribution in [2.75, 3.05) is 67.6 Å². The molecule has 0 aromatic rings. The number of ether oxygens (including phenoxy) is 2. The minimum Gasteiger partial charge on any atom is -1.00 e. The van der Waals surface area contributed by atoms with Gasteiger partial charge in [0.05, 0.1) is 41.4 Å². The number of hydrogen-bond donors (Lipinski definition) is 0. The van der Waals surface area contributed by atoms with Crippen LogP contribution in [-0.2, 0) is 19.1 Å². The van der Waals surface area contributed by atoms with Crippen LogP contribution in [0.1, 0.15) is 117 Å². The van der Waals surface area contributed by atoms with Gasteiger partial charge in [-0.2, -0.15) is 0 Å². The molecule has 6 nitrogen and oxygen atoms in total. The molecule has 0 aliphatic carbocycles.